The van der Waals surface area contributed by atoms with Gasteiger partial charge in [-0.15, -0.1) is 11.3 Å². The van der Waals surface area contributed by atoms with E-state index in [1.165, 1.54) is 11.3 Å². The second-order valence-electron chi connectivity index (χ2n) is 6.41. The molecule has 27 heavy (non-hydrogen) atoms. The van der Waals surface area contributed by atoms with E-state index in [2.05, 4.69) is 10.3 Å². The van der Waals surface area contributed by atoms with Gasteiger partial charge in [0.25, 0.3) is 5.91 Å². The summed E-state index contributed by atoms with van der Waals surface area (Å²) in [5.74, 6) is -0.906. The van der Waals surface area contributed by atoms with Gasteiger partial charge in [0.05, 0.1) is 10.4 Å². The van der Waals surface area contributed by atoms with Crippen LogP contribution in [0.2, 0.25) is 5.15 Å². The minimum atomic E-state index is -0.744. The Morgan fingerprint density at radius 1 is 1.22 bits per heavy atom. The minimum absolute atomic E-state index is 0.00636. The lowest BCUT2D eigenvalue weighted by atomic mass is 10.0. The first-order valence-corrected chi connectivity index (χ1v) is 9.76. The number of rotatable bonds is 6. The fourth-order valence-electron chi connectivity index (χ4n) is 2.59. The summed E-state index contributed by atoms with van der Waals surface area (Å²) in [6.45, 7) is 3.70. The molecule has 3 rings (SSSR count). The van der Waals surface area contributed by atoms with E-state index in [0.29, 0.717) is 15.6 Å². The van der Waals surface area contributed by atoms with Crippen LogP contribution in [0.4, 0.5) is 0 Å². The van der Waals surface area contributed by atoms with Gasteiger partial charge in [0.1, 0.15) is 17.8 Å². The molecule has 0 saturated heterocycles. The number of nitrogens with zero attached hydrogens (tertiary/aromatic N) is 1. The highest BCUT2D eigenvalue weighted by Gasteiger charge is 2.26. The second kappa shape index (κ2) is 8.50. The van der Waals surface area contributed by atoms with Gasteiger partial charge in [-0.25, -0.2) is 9.78 Å². The Labute approximate surface area is 166 Å². The number of pyridine rings is 1. The average molecular weight is 403 g/mol. The predicted molar refractivity (Wildman–Crippen MR) is 107 cm³/mol. The van der Waals surface area contributed by atoms with E-state index in [0.717, 1.165) is 10.9 Å². The van der Waals surface area contributed by atoms with Gasteiger partial charge in [-0.05, 0) is 29.5 Å². The van der Waals surface area contributed by atoms with Crippen molar-refractivity contribution in [3.63, 3.8) is 0 Å². The number of halogens is 1. The van der Waals surface area contributed by atoms with Gasteiger partial charge in [0, 0.05) is 10.9 Å². The molecule has 0 aliphatic rings. The molecule has 1 N–H and O–H groups in total. The first-order chi connectivity index (χ1) is 13.0. The number of aromatic nitrogens is 1. The monoisotopic (exact) mass is 402 g/mol. The van der Waals surface area contributed by atoms with Gasteiger partial charge in [-0.2, -0.15) is 0 Å². The normalized spacial score (nSPS) is 12.1. The number of fused-ring (bicyclic) bond motifs is 1. The molecule has 0 radical (unpaired) electrons. The molecule has 0 saturated carbocycles. The van der Waals surface area contributed by atoms with Crippen molar-refractivity contribution in [1.82, 2.24) is 10.3 Å². The van der Waals surface area contributed by atoms with E-state index in [1.54, 1.807) is 12.1 Å². The van der Waals surface area contributed by atoms with Crippen molar-refractivity contribution in [3.05, 3.63) is 63.4 Å². The molecule has 2 heterocycles. The topological polar surface area (TPSA) is 68.3 Å². The van der Waals surface area contributed by atoms with Gasteiger partial charge in [-0.1, -0.05) is 49.7 Å². The third-order valence-corrected chi connectivity index (χ3v) is 5.27. The number of carbonyl (C=O) groups is 2. The summed E-state index contributed by atoms with van der Waals surface area (Å²) in [5.41, 5.74) is 1.40. The van der Waals surface area contributed by atoms with Crippen LogP contribution in [-0.4, -0.2) is 22.9 Å². The van der Waals surface area contributed by atoms with Crippen molar-refractivity contribution in [2.24, 2.45) is 5.92 Å². The summed E-state index contributed by atoms with van der Waals surface area (Å²) in [7, 11) is 0. The summed E-state index contributed by atoms with van der Waals surface area (Å²) >= 11 is 7.53. The molecule has 1 amide bonds. The van der Waals surface area contributed by atoms with Crippen molar-refractivity contribution in [1.29, 1.82) is 0 Å². The van der Waals surface area contributed by atoms with E-state index in [4.69, 9.17) is 16.3 Å². The van der Waals surface area contributed by atoms with E-state index in [-0.39, 0.29) is 18.4 Å². The first kappa shape index (κ1) is 19.3. The first-order valence-electron chi connectivity index (χ1n) is 8.51. The van der Waals surface area contributed by atoms with Crippen LogP contribution in [0.3, 0.4) is 0 Å². The molecule has 140 valence electrons. The lowest BCUT2D eigenvalue weighted by Gasteiger charge is -2.20. The van der Waals surface area contributed by atoms with Gasteiger partial charge < -0.3 is 10.1 Å². The van der Waals surface area contributed by atoms with Crippen LogP contribution < -0.4 is 5.32 Å². The van der Waals surface area contributed by atoms with Crippen LogP contribution in [0.25, 0.3) is 10.9 Å². The van der Waals surface area contributed by atoms with Crippen LogP contribution in [-0.2, 0) is 16.1 Å². The number of esters is 1. The third-order valence-electron chi connectivity index (χ3n) is 4.07. The van der Waals surface area contributed by atoms with Crippen LogP contribution in [0.15, 0.2) is 47.8 Å². The zero-order chi connectivity index (χ0) is 19.4. The molecule has 5 nitrogen and oxygen atoms in total. The lowest BCUT2D eigenvalue weighted by Crippen LogP contribution is -2.45. The number of benzene rings is 1. The van der Waals surface area contributed by atoms with Gasteiger partial charge in [-0.3, -0.25) is 4.79 Å². The molecule has 7 heteroatoms. The predicted octanol–water partition coefficient (Wildman–Crippen LogP) is 4.45. The van der Waals surface area contributed by atoms with Crippen LogP contribution in [0.5, 0.6) is 0 Å². The maximum absolute atomic E-state index is 12.5. The zero-order valence-corrected chi connectivity index (χ0v) is 16.5. The van der Waals surface area contributed by atoms with E-state index in [1.807, 2.05) is 49.6 Å². The fourth-order valence-corrected chi connectivity index (χ4v) is 3.42. The zero-order valence-electron chi connectivity index (χ0n) is 14.9. The Morgan fingerprint density at radius 2 is 2.00 bits per heavy atom. The lowest BCUT2D eigenvalue weighted by molar-refractivity contribution is -0.148. The Balaban J connectivity index is 1.69. The maximum Gasteiger partial charge on any atom is 0.329 e. The smallest absolute Gasteiger partial charge is 0.329 e. The number of hydrogen-bond donors (Lipinski definition) is 1. The highest BCUT2D eigenvalue weighted by Crippen LogP contribution is 2.21. The van der Waals surface area contributed by atoms with Gasteiger partial charge >= 0.3 is 5.97 Å². The summed E-state index contributed by atoms with van der Waals surface area (Å²) in [5, 5.41) is 5.77. The Kier molecular flexibility index (Phi) is 6.08. The van der Waals surface area contributed by atoms with E-state index < -0.39 is 12.0 Å². The van der Waals surface area contributed by atoms with Crippen molar-refractivity contribution in [2.45, 2.75) is 26.5 Å². The number of para-hydroxylation sites is 1. The Bertz CT molecular complexity index is 957. The summed E-state index contributed by atoms with van der Waals surface area (Å²) < 4.78 is 5.42. The van der Waals surface area contributed by atoms with Crippen molar-refractivity contribution < 1.29 is 14.3 Å². The third kappa shape index (κ3) is 4.64. The van der Waals surface area contributed by atoms with Gasteiger partial charge in [0.2, 0.25) is 0 Å². The Hall–Kier alpha value is -2.44. The average Bonchev–Trinajstić information content (AvgIpc) is 3.18. The van der Waals surface area contributed by atoms with E-state index >= 15 is 0 Å². The number of nitrogens with one attached hydrogen (secondary N) is 1. The standard InChI is InChI=1S/C20H19ClN2O3S/c1-12(2)17(23-19(24)16-8-5-9-27-16)20(25)26-11-14-10-13-6-3-4-7-15(13)22-18(14)21/h3-10,12,17H,11H2,1-2H3,(H,23,24)/t17-/m0/s1. The minimum Gasteiger partial charge on any atom is -0.459 e. The SMILES string of the molecule is CC(C)[C@H](NC(=O)c1cccs1)C(=O)OCc1cc2ccccc2nc1Cl. The summed E-state index contributed by atoms with van der Waals surface area (Å²) in [6, 6.07) is 12.2. The molecule has 0 aliphatic carbocycles. The van der Waals surface area contributed by atoms with E-state index in [9.17, 15) is 9.59 Å². The number of carbonyl (C=O) groups excluding carboxylic acids is 2. The molecule has 0 fully saturated rings. The van der Waals surface area contributed by atoms with Crippen molar-refractivity contribution in [2.75, 3.05) is 0 Å². The molecule has 1 atom stereocenters. The quantitative estimate of drug-likeness (QED) is 0.488. The summed E-state index contributed by atoms with van der Waals surface area (Å²) in [6.07, 6.45) is 0. The van der Waals surface area contributed by atoms with Crippen molar-refractivity contribution >= 4 is 45.7 Å². The number of thiophene rings is 1. The fraction of sp³-hybridized carbons (Fsp3) is 0.250. The molecular formula is C20H19ClN2O3S. The molecule has 0 aliphatic heterocycles. The molecule has 0 bridgehead atoms. The summed E-state index contributed by atoms with van der Waals surface area (Å²) in [4.78, 5) is 29.7. The highest BCUT2D eigenvalue weighted by molar-refractivity contribution is 7.12. The maximum atomic E-state index is 12.5. The molecule has 3 aromatic rings. The van der Waals surface area contributed by atoms with Crippen molar-refractivity contribution in [3.8, 4) is 0 Å². The van der Waals surface area contributed by atoms with Crippen LogP contribution in [0.1, 0.15) is 29.1 Å². The van der Waals surface area contributed by atoms with Crippen LogP contribution >= 0.6 is 22.9 Å². The van der Waals surface area contributed by atoms with Gasteiger partial charge in [0.15, 0.2) is 0 Å². The second-order valence-corrected chi connectivity index (χ2v) is 7.72. The molecule has 1 aromatic carbocycles. The number of ether oxygens (including phenoxy) is 1. The Morgan fingerprint density at radius 3 is 2.70 bits per heavy atom. The highest BCUT2D eigenvalue weighted by atomic mass is 35.5. The van der Waals surface area contributed by atoms with Crippen LogP contribution in [0, 0.1) is 5.92 Å². The molecule has 0 unspecified atom stereocenters. The largest absolute Gasteiger partial charge is 0.459 e. The molecule has 2 aromatic heterocycles. The number of amides is 1. The molecule has 0 spiro atoms. The molecular weight excluding hydrogens is 384 g/mol. The number of hydrogen-bond acceptors (Lipinski definition) is 5.